The second kappa shape index (κ2) is 5.61. The van der Waals surface area contributed by atoms with Crippen LogP contribution in [0.4, 0.5) is 22.0 Å². The minimum absolute atomic E-state index is 0.147. The van der Waals surface area contributed by atoms with E-state index in [0.717, 1.165) is 6.08 Å². The number of hydrogen-bond donors (Lipinski definition) is 0. The van der Waals surface area contributed by atoms with Crippen molar-refractivity contribution >= 4 is 0 Å². The van der Waals surface area contributed by atoms with Crippen molar-refractivity contribution in [1.29, 1.82) is 0 Å². The number of alkyl halides is 4. The molecule has 174 valence electrons. The Bertz CT molecular complexity index is 1390. The summed E-state index contributed by atoms with van der Waals surface area (Å²) in [6.45, 7) is 3.76. The Kier molecular flexibility index (Phi) is 3.30. The summed E-state index contributed by atoms with van der Waals surface area (Å²) >= 11 is 0. The first-order valence-corrected chi connectivity index (χ1v) is 10.9. The smallest absolute Gasteiger partial charge is 0.337 e. The van der Waals surface area contributed by atoms with Gasteiger partial charge in [0.2, 0.25) is 0 Å². The topological polar surface area (TPSA) is 37.2 Å². The molecule has 0 aromatic carbocycles. The molecule has 7 rings (SSSR count). The molecular weight excluding hydrogens is 453 g/mol. The Labute approximate surface area is 191 Å². The summed E-state index contributed by atoms with van der Waals surface area (Å²) in [4.78, 5) is 7.73. The van der Waals surface area contributed by atoms with Gasteiger partial charge in [0.25, 0.3) is 5.82 Å². The predicted octanol–water partition coefficient (Wildman–Crippen LogP) is 4.95. The van der Waals surface area contributed by atoms with Crippen molar-refractivity contribution in [2.24, 2.45) is 5.41 Å². The van der Waals surface area contributed by atoms with Gasteiger partial charge < -0.3 is 9.80 Å². The number of rotatable bonds is 0. The van der Waals surface area contributed by atoms with Gasteiger partial charge in [-0.05, 0) is 49.8 Å². The molecule has 0 amide bonds. The Morgan fingerprint density at radius 3 is 2.59 bits per heavy atom. The number of fused-ring (bicyclic) bond motifs is 12. The molecule has 1 saturated carbocycles. The molecule has 10 heteroatoms. The fourth-order valence-corrected chi connectivity index (χ4v) is 7.01. The highest BCUT2D eigenvalue weighted by Gasteiger charge is 2.94. The molecule has 1 fully saturated rings. The normalized spacial score (nSPS) is 38.4. The van der Waals surface area contributed by atoms with Crippen molar-refractivity contribution in [3.05, 3.63) is 95.3 Å². The molecule has 2 aliphatic carbocycles. The van der Waals surface area contributed by atoms with Gasteiger partial charge in [-0.3, -0.25) is 0 Å². The van der Waals surface area contributed by atoms with Gasteiger partial charge in [-0.25, -0.2) is 18.4 Å². The molecule has 34 heavy (non-hydrogen) atoms. The summed E-state index contributed by atoms with van der Waals surface area (Å²) in [5.41, 5.74) is -1.88. The zero-order valence-electron chi connectivity index (χ0n) is 18.1. The zero-order valence-corrected chi connectivity index (χ0v) is 18.1. The monoisotopic (exact) mass is 471 g/mol. The Morgan fingerprint density at radius 1 is 1.06 bits per heavy atom. The van der Waals surface area contributed by atoms with E-state index in [2.05, 4.69) is 10.1 Å². The molecule has 5 unspecified atom stereocenters. The number of hydrogen-bond acceptors (Lipinski definition) is 4. The summed E-state index contributed by atoms with van der Waals surface area (Å²) in [6, 6.07) is -0.602. The molecule has 5 atom stereocenters. The van der Waals surface area contributed by atoms with Crippen LogP contribution in [-0.4, -0.2) is 36.3 Å². The molecule has 0 N–H and O–H groups in total. The summed E-state index contributed by atoms with van der Waals surface area (Å²) in [5, 5.41) is 3.98. The van der Waals surface area contributed by atoms with Crippen LogP contribution in [0.5, 0.6) is 0 Å². The molecule has 1 spiro atoms. The van der Waals surface area contributed by atoms with Gasteiger partial charge >= 0.3 is 6.18 Å². The van der Waals surface area contributed by atoms with E-state index in [0.29, 0.717) is 16.8 Å². The molecular formula is C24H18F5N5. The van der Waals surface area contributed by atoms with Gasteiger partial charge in [-0.2, -0.15) is 13.2 Å². The highest BCUT2D eigenvalue weighted by molar-refractivity contribution is 5.67. The molecule has 5 nitrogen and oxygen atoms in total. The summed E-state index contributed by atoms with van der Waals surface area (Å²) in [5.74, 6) is -1.79. The van der Waals surface area contributed by atoms with Crippen LogP contribution in [0.1, 0.15) is 31.5 Å². The third kappa shape index (κ3) is 1.81. The van der Waals surface area contributed by atoms with Crippen LogP contribution >= 0.6 is 0 Å². The summed E-state index contributed by atoms with van der Waals surface area (Å²) in [7, 11) is 0. The zero-order chi connectivity index (χ0) is 23.8. The number of nitrogens with zero attached hydrogens (tertiary/aromatic N) is 5. The number of halogens is 5. The third-order valence-electron chi connectivity index (χ3n) is 8.38. The van der Waals surface area contributed by atoms with E-state index in [9.17, 15) is 17.6 Å². The third-order valence-corrected chi connectivity index (χ3v) is 8.38. The molecule has 6 aliphatic rings. The van der Waals surface area contributed by atoms with Gasteiger partial charge in [0.05, 0.1) is 11.0 Å². The van der Waals surface area contributed by atoms with E-state index in [1.807, 2.05) is 23.6 Å². The maximum atomic E-state index is 15.4. The van der Waals surface area contributed by atoms with Crippen molar-refractivity contribution in [3.63, 3.8) is 0 Å². The lowest BCUT2D eigenvalue weighted by Crippen LogP contribution is -2.46. The molecule has 0 radical (unpaired) electrons. The predicted molar refractivity (Wildman–Crippen MR) is 112 cm³/mol. The van der Waals surface area contributed by atoms with Crippen LogP contribution in [-0.2, 0) is 11.8 Å². The lowest BCUT2D eigenvalue weighted by Gasteiger charge is -2.42. The van der Waals surface area contributed by atoms with E-state index in [1.165, 1.54) is 10.8 Å². The molecule has 0 bridgehead atoms. The van der Waals surface area contributed by atoms with E-state index in [4.69, 9.17) is 0 Å². The Balaban J connectivity index is 1.57. The van der Waals surface area contributed by atoms with E-state index in [-0.39, 0.29) is 5.82 Å². The first-order chi connectivity index (χ1) is 16.1. The minimum atomic E-state index is -4.73. The Hall–Kier alpha value is -3.43. The van der Waals surface area contributed by atoms with Crippen LogP contribution in [0.2, 0.25) is 0 Å². The molecule has 4 aliphatic heterocycles. The summed E-state index contributed by atoms with van der Waals surface area (Å²) in [6.07, 6.45) is 10.0. The van der Waals surface area contributed by atoms with Crippen LogP contribution in [0.3, 0.4) is 0 Å². The molecule has 1 aromatic rings. The minimum Gasteiger partial charge on any atom is -0.337 e. The second-order valence-corrected chi connectivity index (χ2v) is 9.53. The quantitative estimate of drug-likeness (QED) is 0.502. The van der Waals surface area contributed by atoms with Gasteiger partial charge in [-0.15, -0.1) is 5.10 Å². The fraction of sp³-hybridized carbons (Fsp3) is 0.333. The number of allylic oxidation sites excluding steroid dienone is 9. The summed E-state index contributed by atoms with van der Waals surface area (Å²) < 4.78 is 72.4. The maximum absolute atomic E-state index is 15.4. The number of aromatic nitrogens is 3. The van der Waals surface area contributed by atoms with Gasteiger partial charge in [0, 0.05) is 23.7 Å². The molecule has 5 heterocycles. The van der Waals surface area contributed by atoms with Crippen LogP contribution in [0, 0.1) is 5.41 Å². The van der Waals surface area contributed by atoms with E-state index >= 15 is 4.39 Å². The van der Waals surface area contributed by atoms with Gasteiger partial charge in [0.1, 0.15) is 18.0 Å². The Morgan fingerprint density at radius 2 is 1.82 bits per heavy atom. The molecule has 1 aromatic heterocycles. The highest BCUT2D eigenvalue weighted by atomic mass is 19.4. The van der Waals surface area contributed by atoms with Gasteiger partial charge in [-0.1, -0.05) is 18.2 Å². The first-order valence-electron chi connectivity index (χ1n) is 10.9. The van der Waals surface area contributed by atoms with Gasteiger partial charge in [0.15, 0.2) is 11.5 Å². The van der Waals surface area contributed by atoms with Crippen molar-refractivity contribution in [2.75, 3.05) is 0 Å². The van der Waals surface area contributed by atoms with E-state index in [1.54, 1.807) is 48.9 Å². The van der Waals surface area contributed by atoms with Crippen molar-refractivity contribution in [3.8, 4) is 0 Å². The largest absolute Gasteiger partial charge is 0.453 e. The van der Waals surface area contributed by atoms with Crippen LogP contribution in [0.15, 0.2) is 83.7 Å². The van der Waals surface area contributed by atoms with Crippen molar-refractivity contribution in [2.45, 2.75) is 43.4 Å². The van der Waals surface area contributed by atoms with E-state index < -0.39 is 46.7 Å². The van der Waals surface area contributed by atoms with Crippen LogP contribution in [0.25, 0.3) is 0 Å². The SMILES string of the molecule is CC12C3=CC(F)=CC(F)C3=C3C=CC=CN3C1(C)C21N2C=CC=CC2c2nc(C(F)(F)F)nn21. The van der Waals surface area contributed by atoms with Crippen molar-refractivity contribution < 1.29 is 22.0 Å². The lowest BCUT2D eigenvalue weighted by atomic mass is 9.77. The first kappa shape index (κ1) is 20.0. The maximum Gasteiger partial charge on any atom is 0.453 e. The second-order valence-electron chi connectivity index (χ2n) is 9.53. The highest BCUT2D eigenvalue weighted by Crippen LogP contribution is 2.83. The average Bonchev–Trinajstić information content (AvgIpc) is 3.10. The van der Waals surface area contributed by atoms with Crippen LogP contribution < -0.4 is 0 Å². The fourth-order valence-electron chi connectivity index (χ4n) is 7.01. The lowest BCUT2D eigenvalue weighted by molar-refractivity contribution is -0.145. The molecule has 0 saturated heterocycles. The van der Waals surface area contributed by atoms with Crippen molar-refractivity contribution in [1.82, 2.24) is 24.6 Å². The average molecular weight is 471 g/mol. The standard InChI is InChI=1S/C24H18F5N5/c1-21-14-11-13(25)12-15(26)18(14)16-7-3-5-9-32(16)22(21,2)24(21)33-10-6-4-8-17(33)19-30-20(23(27,28)29)31-34(19)24/h3-12,15,17H,1-2H3.